The van der Waals surface area contributed by atoms with Crippen molar-refractivity contribution in [1.29, 1.82) is 0 Å². The number of ether oxygens (including phenoxy) is 1. The Morgan fingerprint density at radius 3 is 2.50 bits per heavy atom. The molecule has 0 spiro atoms. The second-order valence-electron chi connectivity index (χ2n) is 8.02. The van der Waals surface area contributed by atoms with Crippen LogP contribution >= 0.6 is 0 Å². The van der Waals surface area contributed by atoms with Gasteiger partial charge in [-0.05, 0) is 67.0 Å². The van der Waals surface area contributed by atoms with Crippen LogP contribution in [0.3, 0.4) is 0 Å². The number of aryl methyl sites for hydroxylation is 2. The van der Waals surface area contributed by atoms with Crippen LogP contribution in [0, 0.1) is 0 Å². The molecule has 1 fully saturated rings. The normalized spacial score (nSPS) is 18.3. The lowest BCUT2D eigenvalue weighted by Gasteiger charge is -2.26. The number of nitrogens with zero attached hydrogens (tertiary/aromatic N) is 1. The second-order valence-corrected chi connectivity index (χ2v) is 8.02. The van der Waals surface area contributed by atoms with Crippen LogP contribution in [-0.4, -0.2) is 37.1 Å². The van der Waals surface area contributed by atoms with Gasteiger partial charge in [0.2, 0.25) is 0 Å². The maximum atomic E-state index is 12.7. The zero-order chi connectivity index (χ0) is 19.3. The maximum Gasteiger partial charge on any atom is 0.251 e. The molecule has 4 nitrogen and oxygen atoms in total. The number of nitrogens with one attached hydrogen (secondary N) is 1. The average Bonchev–Trinajstić information content (AvgIpc) is 2.74. The van der Waals surface area contributed by atoms with Crippen molar-refractivity contribution >= 4 is 5.91 Å². The first-order valence-corrected chi connectivity index (χ1v) is 10.5. The minimum absolute atomic E-state index is 0.00718. The lowest BCUT2D eigenvalue weighted by molar-refractivity contribution is 0.0342. The van der Waals surface area contributed by atoms with Crippen LogP contribution in [0.4, 0.5) is 0 Å². The average molecular weight is 379 g/mol. The van der Waals surface area contributed by atoms with Crippen molar-refractivity contribution in [3.05, 3.63) is 70.3 Å². The minimum atomic E-state index is -0.0110. The van der Waals surface area contributed by atoms with Crippen LogP contribution < -0.4 is 5.32 Å². The van der Waals surface area contributed by atoms with Gasteiger partial charge in [-0.25, -0.2) is 0 Å². The molecule has 2 aliphatic rings. The zero-order valence-electron chi connectivity index (χ0n) is 16.7. The molecule has 4 rings (SSSR count). The Morgan fingerprint density at radius 1 is 1.04 bits per heavy atom. The first-order chi connectivity index (χ1) is 13.7. The second kappa shape index (κ2) is 8.89. The molecular formula is C24H30N2O2. The van der Waals surface area contributed by atoms with Gasteiger partial charge in [0.15, 0.2) is 0 Å². The zero-order valence-corrected chi connectivity index (χ0v) is 16.7. The lowest BCUT2D eigenvalue weighted by atomic mass is 9.89. The molecule has 1 aliphatic carbocycles. The van der Waals surface area contributed by atoms with Gasteiger partial charge in [-0.3, -0.25) is 9.69 Å². The molecule has 1 heterocycles. The summed E-state index contributed by atoms with van der Waals surface area (Å²) in [5.41, 5.74) is 6.08. The summed E-state index contributed by atoms with van der Waals surface area (Å²) < 4.78 is 5.40. The van der Waals surface area contributed by atoms with Crippen LogP contribution in [0.15, 0.2) is 42.5 Å². The summed E-state index contributed by atoms with van der Waals surface area (Å²) in [4.78, 5) is 15.1. The highest BCUT2D eigenvalue weighted by molar-refractivity contribution is 5.94. The van der Waals surface area contributed by atoms with Crippen molar-refractivity contribution < 1.29 is 9.53 Å². The molecule has 28 heavy (non-hydrogen) atoms. The van der Waals surface area contributed by atoms with Crippen LogP contribution in [0.2, 0.25) is 0 Å². The lowest BCUT2D eigenvalue weighted by Crippen LogP contribution is -2.35. The third-order valence-electron chi connectivity index (χ3n) is 5.95. The molecule has 4 heteroatoms. The fourth-order valence-corrected chi connectivity index (χ4v) is 4.17. The quantitative estimate of drug-likeness (QED) is 0.858. The van der Waals surface area contributed by atoms with Gasteiger partial charge in [0.05, 0.1) is 19.3 Å². The van der Waals surface area contributed by atoms with Crippen LogP contribution in [0.1, 0.15) is 58.4 Å². The van der Waals surface area contributed by atoms with Gasteiger partial charge in [0.1, 0.15) is 0 Å². The third kappa shape index (κ3) is 4.62. The van der Waals surface area contributed by atoms with Crippen molar-refractivity contribution in [2.24, 2.45) is 0 Å². The summed E-state index contributed by atoms with van der Waals surface area (Å²) in [7, 11) is 0. The number of rotatable bonds is 5. The number of carbonyl (C=O) groups is 1. The summed E-state index contributed by atoms with van der Waals surface area (Å²) in [6, 6.07) is 14.7. The molecule has 1 aliphatic heterocycles. The first kappa shape index (κ1) is 19.2. The fraction of sp³-hybridized carbons (Fsp3) is 0.458. The van der Waals surface area contributed by atoms with E-state index < -0.39 is 0 Å². The Kier molecular flexibility index (Phi) is 6.08. The molecule has 2 aromatic rings. The van der Waals surface area contributed by atoms with E-state index in [1.807, 2.05) is 12.1 Å². The molecule has 1 saturated heterocycles. The predicted octanol–water partition coefficient (Wildman–Crippen LogP) is 3.89. The van der Waals surface area contributed by atoms with Crippen molar-refractivity contribution in [3.63, 3.8) is 0 Å². The Bertz CT molecular complexity index is 810. The number of amides is 1. The number of benzene rings is 2. The van der Waals surface area contributed by atoms with E-state index in [1.54, 1.807) is 0 Å². The summed E-state index contributed by atoms with van der Waals surface area (Å²) in [5, 5.41) is 3.15. The van der Waals surface area contributed by atoms with Gasteiger partial charge in [-0.2, -0.15) is 0 Å². The molecule has 1 N–H and O–H groups in total. The highest BCUT2D eigenvalue weighted by atomic mass is 16.5. The minimum Gasteiger partial charge on any atom is -0.379 e. The molecule has 0 bridgehead atoms. The number of morpholine rings is 1. The molecule has 2 aromatic carbocycles. The Morgan fingerprint density at radius 2 is 1.75 bits per heavy atom. The predicted molar refractivity (Wildman–Crippen MR) is 112 cm³/mol. The van der Waals surface area contributed by atoms with Crippen molar-refractivity contribution in [2.75, 3.05) is 26.3 Å². The van der Waals surface area contributed by atoms with Crippen LogP contribution in [-0.2, 0) is 24.1 Å². The van der Waals surface area contributed by atoms with E-state index >= 15 is 0 Å². The smallest absolute Gasteiger partial charge is 0.251 e. The summed E-state index contributed by atoms with van der Waals surface area (Å²) in [6.07, 6.45) is 4.91. The molecule has 0 aromatic heterocycles. The first-order valence-electron chi connectivity index (χ1n) is 10.5. The van der Waals surface area contributed by atoms with Crippen molar-refractivity contribution in [3.8, 4) is 0 Å². The van der Waals surface area contributed by atoms with E-state index in [0.29, 0.717) is 0 Å². The Hall–Kier alpha value is -2.17. The van der Waals surface area contributed by atoms with Gasteiger partial charge in [0.25, 0.3) is 5.91 Å². The summed E-state index contributed by atoms with van der Waals surface area (Å²) >= 11 is 0. The maximum absolute atomic E-state index is 12.7. The van der Waals surface area contributed by atoms with Crippen molar-refractivity contribution in [2.45, 2.75) is 45.2 Å². The van der Waals surface area contributed by atoms with E-state index in [9.17, 15) is 4.79 Å². The van der Waals surface area contributed by atoms with Crippen LogP contribution in [0.5, 0.6) is 0 Å². The highest BCUT2D eigenvalue weighted by Crippen LogP contribution is 2.25. The molecule has 1 amide bonds. The van der Waals surface area contributed by atoms with E-state index in [-0.39, 0.29) is 11.9 Å². The largest absolute Gasteiger partial charge is 0.379 e. The van der Waals surface area contributed by atoms with Gasteiger partial charge in [-0.1, -0.05) is 30.3 Å². The monoisotopic (exact) mass is 378 g/mol. The topological polar surface area (TPSA) is 41.6 Å². The summed E-state index contributed by atoms with van der Waals surface area (Å²) in [5.74, 6) is -0.0110. The van der Waals surface area contributed by atoms with Crippen LogP contribution in [0.25, 0.3) is 0 Å². The number of hydrogen-bond acceptors (Lipinski definition) is 3. The van der Waals surface area contributed by atoms with E-state index in [4.69, 9.17) is 4.74 Å². The third-order valence-corrected chi connectivity index (χ3v) is 5.95. The molecular weight excluding hydrogens is 348 g/mol. The molecule has 0 saturated carbocycles. The number of hydrogen-bond donors (Lipinski definition) is 1. The van der Waals surface area contributed by atoms with Gasteiger partial charge < -0.3 is 10.1 Å². The number of fused-ring (bicyclic) bond motifs is 1. The van der Waals surface area contributed by atoms with Gasteiger partial charge in [0, 0.05) is 25.2 Å². The van der Waals surface area contributed by atoms with E-state index in [2.05, 4.69) is 47.5 Å². The molecule has 148 valence electrons. The number of carbonyl (C=O) groups excluding carboxylic acids is 1. The van der Waals surface area contributed by atoms with E-state index in [1.165, 1.54) is 41.5 Å². The standard InChI is InChI=1S/C24H30N2O2/c1-18(22-11-10-20-4-2-3-5-23(20)16-22)25-24(27)21-8-6-19(7-9-21)17-26-12-14-28-15-13-26/h6-11,16,18H,2-5,12-15,17H2,1H3,(H,25,27)/t18-/m1/s1. The SMILES string of the molecule is C[C@@H](NC(=O)c1ccc(CN2CCOCC2)cc1)c1ccc2c(c1)CCCC2. The van der Waals surface area contributed by atoms with E-state index in [0.717, 1.165) is 44.8 Å². The van der Waals surface area contributed by atoms with Gasteiger partial charge >= 0.3 is 0 Å². The highest BCUT2D eigenvalue weighted by Gasteiger charge is 2.15. The Labute approximate surface area is 167 Å². The van der Waals surface area contributed by atoms with Gasteiger partial charge in [-0.15, -0.1) is 0 Å². The Balaban J connectivity index is 1.36. The molecule has 0 unspecified atom stereocenters. The molecule has 1 atom stereocenters. The summed E-state index contributed by atoms with van der Waals surface area (Å²) in [6.45, 7) is 6.54. The fourth-order valence-electron chi connectivity index (χ4n) is 4.17. The molecule has 0 radical (unpaired) electrons. The van der Waals surface area contributed by atoms with Crippen molar-refractivity contribution in [1.82, 2.24) is 10.2 Å².